The maximum absolute atomic E-state index is 11.6. The second kappa shape index (κ2) is 7.14. The first kappa shape index (κ1) is 15.5. The monoisotopic (exact) mass is 377 g/mol. The molecule has 0 radical (unpaired) electrons. The minimum atomic E-state index is -0.108. The Kier molecular flexibility index (Phi) is 6.15. The molecule has 0 saturated carbocycles. The Balaban J connectivity index is 2.61. The lowest BCUT2D eigenvalue weighted by Crippen LogP contribution is -2.35. The van der Waals surface area contributed by atoms with E-state index in [1.807, 2.05) is 32.9 Å². The van der Waals surface area contributed by atoms with Crippen LogP contribution < -0.4 is 10.1 Å². The van der Waals surface area contributed by atoms with Crippen LogP contribution in [0.2, 0.25) is 0 Å². The average Bonchev–Trinajstić information content (AvgIpc) is 2.27. The summed E-state index contributed by atoms with van der Waals surface area (Å²) in [6, 6.07) is 4.07. The Labute approximate surface area is 125 Å². The molecule has 0 fully saturated rings. The van der Waals surface area contributed by atoms with Gasteiger partial charge in [0.15, 0.2) is 6.61 Å². The molecular formula is C13H17Br2NO2. The Morgan fingerprint density at radius 1 is 1.39 bits per heavy atom. The van der Waals surface area contributed by atoms with E-state index in [4.69, 9.17) is 4.74 Å². The van der Waals surface area contributed by atoms with Gasteiger partial charge in [-0.25, -0.2) is 0 Å². The van der Waals surface area contributed by atoms with E-state index >= 15 is 0 Å². The van der Waals surface area contributed by atoms with Crippen molar-refractivity contribution in [2.24, 2.45) is 0 Å². The zero-order valence-electron chi connectivity index (χ0n) is 10.7. The van der Waals surface area contributed by atoms with Gasteiger partial charge in [0.25, 0.3) is 5.91 Å². The summed E-state index contributed by atoms with van der Waals surface area (Å²) in [4.78, 5) is 11.6. The molecule has 0 bridgehead atoms. The van der Waals surface area contributed by atoms with Crippen molar-refractivity contribution in [1.29, 1.82) is 0 Å². The second-order valence-electron chi connectivity index (χ2n) is 4.22. The van der Waals surface area contributed by atoms with Crippen molar-refractivity contribution in [3.63, 3.8) is 0 Å². The number of ether oxygens (including phenoxy) is 1. The number of hydrogen-bond acceptors (Lipinski definition) is 2. The summed E-state index contributed by atoms with van der Waals surface area (Å²) < 4.78 is 7.20. The summed E-state index contributed by atoms with van der Waals surface area (Å²) in [5, 5.41) is 2.86. The van der Waals surface area contributed by atoms with Gasteiger partial charge in [-0.15, -0.1) is 0 Å². The molecule has 1 rings (SSSR count). The van der Waals surface area contributed by atoms with Crippen LogP contribution in [0.5, 0.6) is 5.75 Å². The quantitative estimate of drug-likeness (QED) is 0.845. The molecule has 1 atom stereocenters. The van der Waals surface area contributed by atoms with Gasteiger partial charge in [-0.05, 0) is 69.8 Å². The van der Waals surface area contributed by atoms with Gasteiger partial charge in [-0.1, -0.05) is 6.92 Å². The molecule has 0 heterocycles. The summed E-state index contributed by atoms with van der Waals surface area (Å²) in [6.07, 6.45) is 0.906. The molecule has 0 spiro atoms. The molecule has 1 aromatic carbocycles. The molecule has 1 amide bonds. The van der Waals surface area contributed by atoms with Crippen LogP contribution in [0.25, 0.3) is 0 Å². The SMILES string of the molecule is CC[C@@H](C)NC(=O)COc1c(Br)cc(C)cc1Br. The minimum absolute atomic E-state index is 0.0185. The van der Waals surface area contributed by atoms with Crippen LogP contribution in [0.4, 0.5) is 0 Å². The molecule has 0 unspecified atom stereocenters. The molecule has 18 heavy (non-hydrogen) atoms. The zero-order chi connectivity index (χ0) is 13.7. The van der Waals surface area contributed by atoms with E-state index in [1.165, 1.54) is 0 Å². The van der Waals surface area contributed by atoms with Gasteiger partial charge < -0.3 is 10.1 Å². The number of rotatable bonds is 5. The van der Waals surface area contributed by atoms with Gasteiger partial charge in [0.1, 0.15) is 5.75 Å². The van der Waals surface area contributed by atoms with Crippen molar-refractivity contribution >= 4 is 37.8 Å². The predicted octanol–water partition coefficient (Wildman–Crippen LogP) is 3.81. The fourth-order valence-corrected chi connectivity index (χ4v) is 3.03. The van der Waals surface area contributed by atoms with E-state index in [-0.39, 0.29) is 18.6 Å². The number of aryl methyl sites for hydroxylation is 1. The normalized spacial score (nSPS) is 12.1. The average molecular weight is 379 g/mol. The van der Waals surface area contributed by atoms with E-state index in [2.05, 4.69) is 37.2 Å². The molecule has 1 aromatic rings. The zero-order valence-corrected chi connectivity index (χ0v) is 13.9. The minimum Gasteiger partial charge on any atom is -0.481 e. The van der Waals surface area contributed by atoms with Crippen molar-refractivity contribution in [2.45, 2.75) is 33.2 Å². The third-order valence-corrected chi connectivity index (χ3v) is 3.69. The Bertz CT molecular complexity index is 412. The second-order valence-corrected chi connectivity index (χ2v) is 5.93. The lowest BCUT2D eigenvalue weighted by molar-refractivity contribution is -0.123. The number of hydrogen-bond donors (Lipinski definition) is 1. The topological polar surface area (TPSA) is 38.3 Å². The number of nitrogens with one attached hydrogen (secondary N) is 1. The van der Waals surface area contributed by atoms with Crippen LogP contribution in [0.3, 0.4) is 0 Å². The van der Waals surface area contributed by atoms with E-state index in [0.717, 1.165) is 20.9 Å². The van der Waals surface area contributed by atoms with E-state index in [9.17, 15) is 4.79 Å². The third-order valence-electron chi connectivity index (χ3n) is 2.51. The molecule has 100 valence electrons. The number of carbonyl (C=O) groups is 1. The molecule has 0 aliphatic rings. The van der Waals surface area contributed by atoms with Crippen molar-refractivity contribution in [2.75, 3.05) is 6.61 Å². The summed E-state index contributed by atoms with van der Waals surface area (Å²) in [5.74, 6) is 0.545. The van der Waals surface area contributed by atoms with Crippen LogP contribution in [-0.4, -0.2) is 18.6 Å². The maximum atomic E-state index is 11.6. The fourth-order valence-electron chi connectivity index (χ4n) is 1.38. The summed E-state index contributed by atoms with van der Waals surface area (Å²) in [7, 11) is 0. The molecule has 0 aromatic heterocycles. The van der Waals surface area contributed by atoms with Crippen LogP contribution in [0, 0.1) is 6.92 Å². The first-order valence-corrected chi connectivity index (χ1v) is 7.40. The highest BCUT2D eigenvalue weighted by molar-refractivity contribution is 9.11. The molecule has 0 aliphatic carbocycles. The van der Waals surface area contributed by atoms with Gasteiger partial charge in [0.05, 0.1) is 8.95 Å². The van der Waals surface area contributed by atoms with Crippen molar-refractivity contribution in [3.8, 4) is 5.75 Å². The molecule has 0 saturated heterocycles. The highest BCUT2D eigenvalue weighted by Crippen LogP contribution is 2.34. The highest BCUT2D eigenvalue weighted by Gasteiger charge is 2.11. The summed E-state index contributed by atoms with van der Waals surface area (Å²) in [5.41, 5.74) is 1.12. The predicted molar refractivity (Wildman–Crippen MR) is 80.0 cm³/mol. The first-order valence-electron chi connectivity index (χ1n) is 5.81. The Morgan fingerprint density at radius 2 is 1.94 bits per heavy atom. The van der Waals surface area contributed by atoms with E-state index in [1.54, 1.807) is 0 Å². The van der Waals surface area contributed by atoms with Gasteiger partial charge in [0.2, 0.25) is 0 Å². The van der Waals surface area contributed by atoms with Gasteiger partial charge in [-0.3, -0.25) is 4.79 Å². The number of benzene rings is 1. The van der Waals surface area contributed by atoms with Crippen LogP contribution in [0.15, 0.2) is 21.1 Å². The lowest BCUT2D eigenvalue weighted by atomic mass is 10.2. The smallest absolute Gasteiger partial charge is 0.258 e. The number of halogens is 2. The Hall–Kier alpha value is -0.550. The largest absolute Gasteiger partial charge is 0.481 e. The van der Waals surface area contributed by atoms with Gasteiger partial charge >= 0.3 is 0 Å². The molecular weight excluding hydrogens is 362 g/mol. The third kappa shape index (κ3) is 4.61. The highest BCUT2D eigenvalue weighted by atomic mass is 79.9. The van der Waals surface area contributed by atoms with Crippen LogP contribution in [0.1, 0.15) is 25.8 Å². The standard InChI is InChI=1S/C13H17Br2NO2/c1-4-9(3)16-12(17)7-18-13-10(14)5-8(2)6-11(13)15/h5-6,9H,4,7H2,1-3H3,(H,16,17)/t9-/m1/s1. The van der Waals surface area contributed by atoms with Crippen molar-refractivity contribution in [1.82, 2.24) is 5.32 Å². The van der Waals surface area contributed by atoms with Crippen LogP contribution in [-0.2, 0) is 4.79 Å². The molecule has 5 heteroatoms. The van der Waals surface area contributed by atoms with Crippen molar-refractivity contribution < 1.29 is 9.53 Å². The number of carbonyl (C=O) groups excluding carboxylic acids is 1. The molecule has 3 nitrogen and oxygen atoms in total. The van der Waals surface area contributed by atoms with Crippen molar-refractivity contribution in [3.05, 3.63) is 26.6 Å². The Morgan fingerprint density at radius 3 is 2.44 bits per heavy atom. The first-order chi connectivity index (χ1) is 8.43. The molecule has 0 aliphatic heterocycles. The fraction of sp³-hybridized carbons (Fsp3) is 0.462. The van der Waals surface area contributed by atoms with E-state index in [0.29, 0.717) is 5.75 Å². The lowest BCUT2D eigenvalue weighted by Gasteiger charge is -2.14. The van der Waals surface area contributed by atoms with E-state index < -0.39 is 0 Å². The summed E-state index contributed by atoms with van der Waals surface area (Å²) >= 11 is 6.85. The van der Waals surface area contributed by atoms with Gasteiger partial charge in [0, 0.05) is 6.04 Å². The van der Waals surface area contributed by atoms with Gasteiger partial charge in [-0.2, -0.15) is 0 Å². The van der Waals surface area contributed by atoms with Crippen LogP contribution >= 0.6 is 31.9 Å². The maximum Gasteiger partial charge on any atom is 0.258 e. The molecule has 1 N–H and O–H groups in total. The summed E-state index contributed by atoms with van der Waals surface area (Å²) in [6.45, 7) is 6.01. The number of amides is 1.